The summed E-state index contributed by atoms with van der Waals surface area (Å²) in [5.41, 5.74) is 1.17. The first kappa shape index (κ1) is 7.13. The van der Waals surface area contributed by atoms with Crippen molar-refractivity contribution in [3.05, 3.63) is 29.8 Å². The molecule has 10 heavy (non-hydrogen) atoms. The quantitative estimate of drug-likeness (QED) is 0.604. The Morgan fingerprint density at radius 2 is 2.40 bits per heavy atom. The second kappa shape index (κ2) is 3.25. The number of rotatable bonds is 2. The minimum absolute atomic E-state index is 0.721. The monoisotopic (exact) mass is 135 g/mol. The Morgan fingerprint density at radius 1 is 1.60 bits per heavy atom. The van der Waals surface area contributed by atoms with E-state index < -0.39 is 0 Å². The normalized spacial score (nSPS) is 9.40. The van der Waals surface area contributed by atoms with Crippen LogP contribution >= 0.6 is 0 Å². The molecule has 0 aliphatic rings. The van der Waals surface area contributed by atoms with E-state index in [9.17, 15) is 0 Å². The fourth-order valence-corrected chi connectivity index (χ4v) is 0.804. The van der Waals surface area contributed by atoms with Gasteiger partial charge in [0.15, 0.2) is 0 Å². The first-order chi connectivity index (χ1) is 4.84. The summed E-state index contributed by atoms with van der Waals surface area (Å²) in [6.07, 6.45) is 0. The third-order valence-electron chi connectivity index (χ3n) is 1.33. The van der Waals surface area contributed by atoms with Gasteiger partial charge in [0.25, 0.3) is 0 Å². The lowest BCUT2D eigenvalue weighted by atomic mass is 10.2. The molecular weight excluding hydrogens is 124 g/mol. The second-order valence-corrected chi connectivity index (χ2v) is 2.12. The van der Waals surface area contributed by atoms with Gasteiger partial charge in [0.2, 0.25) is 0 Å². The Hall–Kier alpha value is -0.980. The number of benzene rings is 1. The van der Waals surface area contributed by atoms with Gasteiger partial charge < -0.3 is 4.74 Å². The molecule has 0 saturated carbocycles. The molecule has 0 unspecified atom stereocenters. The van der Waals surface area contributed by atoms with Crippen LogP contribution in [-0.2, 0) is 0 Å². The van der Waals surface area contributed by atoms with Crippen LogP contribution in [0.2, 0.25) is 0 Å². The average Bonchev–Trinajstić information content (AvgIpc) is 1.94. The van der Waals surface area contributed by atoms with Crippen LogP contribution in [-0.4, -0.2) is 6.61 Å². The summed E-state index contributed by atoms with van der Waals surface area (Å²) < 4.78 is 5.31. The lowest BCUT2D eigenvalue weighted by Gasteiger charge is -2.04. The van der Waals surface area contributed by atoms with Crippen LogP contribution in [0.15, 0.2) is 18.2 Å². The standard InChI is InChI=1S/C9H11O/c1-3-10-9-7-5-4-6-8(9)2/h4,6-7H,3H2,1-2H3. The maximum atomic E-state index is 5.31. The molecule has 1 radical (unpaired) electrons. The molecule has 0 fully saturated rings. The van der Waals surface area contributed by atoms with Crippen LogP contribution < -0.4 is 4.74 Å². The van der Waals surface area contributed by atoms with Crippen molar-refractivity contribution in [2.75, 3.05) is 6.61 Å². The summed E-state index contributed by atoms with van der Waals surface area (Å²) in [5, 5.41) is 0. The number of aryl methyl sites for hydroxylation is 1. The fourth-order valence-electron chi connectivity index (χ4n) is 0.804. The van der Waals surface area contributed by atoms with Gasteiger partial charge in [-0.2, -0.15) is 0 Å². The fraction of sp³-hybridized carbons (Fsp3) is 0.333. The summed E-state index contributed by atoms with van der Waals surface area (Å²) >= 11 is 0. The Morgan fingerprint density at radius 3 is 3.00 bits per heavy atom. The van der Waals surface area contributed by atoms with E-state index in [1.165, 1.54) is 5.56 Å². The Balaban J connectivity index is 2.81. The number of hydrogen-bond acceptors (Lipinski definition) is 1. The molecule has 53 valence electrons. The van der Waals surface area contributed by atoms with E-state index in [0.29, 0.717) is 0 Å². The molecular formula is C9H11O. The molecule has 0 amide bonds. The lowest BCUT2D eigenvalue weighted by Crippen LogP contribution is -1.92. The van der Waals surface area contributed by atoms with E-state index in [0.717, 1.165) is 12.4 Å². The minimum Gasteiger partial charge on any atom is -0.494 e. The zero-order valence-corrected chi connectivity index (χ0v) is 6.35. The molecule has 0 aliphatic heterocycles. The molecule has 1 heteroatoms. The highest BCUT2D eigenvalue weighted by molar-refractivity contribution is 5.30. The molecule has 0 saturated heterocycles. The van der Waals surface area contributed by atoms with Gasteiger partial charge in [0.1, 0.15) is 5.75 Å². The maximum absolute atomic E-state index is 5.31. The van der Waals surface area contributed by atoms with Crippen molar-refractivity contribution in [1.82, 2.24) is 0 Å². The van der Waals surface area contributed by atoms with E-state index in [4.69, 9.17) is 4.74 Å². The lowest BCUT2D eigenvalue weighted by molar-refractivity contribution is 0.338. The largest absolute Gasteiger partial charge is 0.494 e. The SMILES string of the molecule is CCOc1c[c]ccc1C. The van der Waals surface area contributed by atoms with E-state index in [-0.39, 0.29) is 0 Å². The number of ether oxygens (including phenoxy) is 1. The number of hydrogen-bond donors (Lipinski definition) is 0. The topological polar surface area (TPSA) is 9.23 Å². The molecule has 1 aromatic rings. The van der Waals surface area contributed by atoms with Crippen LogP contribution in [0.1, 0.15) is 12.5 Å². The van der Waals surface area contributed by atoms with Crippen LogP contribution in [0.4, 0.5) is 0 Å². The van der Waals surface area contributed by atoms with Crippen molar-refractivity contribution < 1.29 is 4.74 Å². The van der Waals surface area contributed by atoms with Gasteiger partial charge in [-0.1, -0.05) is 12.1 Å². The van der Waals surface area contributed by atoms with E-state index in [1.54, 1.807) is 0 Å². The minimum atomic E-state index is 0.721. The molecule has 1 rings (SSSR count). The van der Waals surface area contributed by atoms with Crippen molar-refractivity contribution in [3.63, 3.8) is 0 Å². The smallest absolute Gasteiger partial charge is 0.122 e. The Labute approximate surface area is 61.6 Å². The third kappa shape index (κ3) is 1.50. The van der Waals surface area contributed by atoms with Crippen LogP contribution in [0.25, 0.3) is 0 Å². The molecule has 0 aromatic heterocycles. The first-order valence-corrected chi connectivity index (χ1v) is 3.44. The Bertz CT molecular complexity index is 206. The van der Waals surface area contributed by atoms with Gasteiger partial charge in [0, 0.05) is 0 Å². The van der Waals surface area contributed by atoms with E-state index >= 15 is 0 Å². The zero-order valence-electron chi connectivity index (χ0n) is 6.35. The summed E-state index contributed by atoms with van der Waals surface area (Å²) in [7, 11) is 0. The maximum Gasteiger partial charge on any atom is 0.122 e. The van der Waals surface area contributed by atoms with Crippen molar-refractivity contribution in [2.24, 2.45) is 0 Å². The molecule has 0 aliphatic carbocycles. The van der Waals surface area contributed by atoms with Crippen LogP contribution in [0.5, 0.6) is 5.75 Å². The van der Waals surface area contributed by atoms with Gasteiger partial charge in [-0.25, -0.2) is 0 Å². The van der Waals surface area contributed by atoms with Gasteiger partial charge in [-0.05, 0) is 31.5 Å². The van der Waals surface area contributed by atoms with E-state index in [2.05, 4.69) is 6.07 Å². The van der Waals surface area contributed by atoms with Crippen molar-refractivity contribution in [2.45, 2.75) is 13.8 Å². The summed E-state index contributed by atoms with van der Waals surface area (Å²) in [4.78, 5) is 0. The van der Waals surface area contributed by atoms with Gasteiger partial charge >= 0.3 is 0 Å². The summed E-state index contributed by atoms with van der Waals surface area (Å²) in [6.45, 7) is 4.73. The van der Waals surface area contributed by atoms with Crippen molar-refractivity contribution >= 4 is 0 Å². The molecule has 0 heterocycles. The van der Waals surface area contributed by atoms with Gasteiger partial charge in [0.05, 0.1) is 6.61 Å². The molecule has 1 nitrogen and oxygen atoms in total. The summed E-state index contributed by atoms with van der Waals surface area (Å²) in [5.74, 6) is 0.935. The van der Waals surface area contributed by atoms with Gasteiger partial charge in [-0.15, -0.1) is 0 Å². The second-order valence-electron chi connectivity index (χ2n) is 2.12. The van der Waals surface area contributed by atoms with E-state index in [1.807, 2.05) is 32.0 Å². The van der Waals surface area contributed by atoms with Crippen molar-refractivity contribution in [3.8, 4) is 5.75 Å². The van der Waals surface area contributed by atoms with Crippen LogP contribution in [0, 0.1) is 13.0 Å². The predicted octanol–water partition coefficient (Wildman–Crippen LogP) is 2.19. The average molecular weight is 135 g/mol. The molecule has 0 atom stereocenters. The molecule has 0 spiro atoms. The third-order valence-corrected chi connectivity index (χ3v) is 1.33. The molecule has 1 aromatic carbocycles. The molecule has 0 N–H and O–H groups in total. The zero-order chi connectivity index (χ0) is 7.40. The van der Waals surface area contributed by atoms with Crippen LogP contribution in [0.3, 0.4) is 0 Å². The highest BCUT2D eigenvalue weighted by atomic mass is 16.5. The summed E-state index contributed by atoms with van der Waals surface area (Å²) in [6, 6.07) is 8.70. The Kier molecular flexibility index (Phi) is 2.32. The predicted molar refractivity (Wildman–Crippen MR) is 41.2 cm³/mol. The van der Waals surface area contributed by atoms with Crippen molar-refractivity contribution in [1.29, 1.82) is 0 Å². The van der Waals surface area contributed by atoms with Gasteiger partial charge in [-0.3, -0.25) is 0 Å². The highest BCUT2D eigenvalue weighted by Crippen LogP contribution is 2.14. The first-order valence-electron chi connectivity index (χ1n) is 3.44. The highest BCUT2D eigenvalue weighted by Gasteiger charge is 1.93. The molecule has 0 bridgehead atoms.